The molecule has 0 spiro atoms. The topological polar surface area (TPSA) is 70.8 Å². The quantitative estimate of drug-likeness (QED) is 0.461. The minimum Gasteiger partial charge on any atom is -0.490 e. The van der Waals surface area contributed by atoms with Crippen molar-refractivity contribution in [2.75, 3.05) is 33.2 Å². The summed E-state index contributed by atoms with van der Waals surface area (Å²) in [7, 11) is 2.87. The highest BCUT2D eigenvalue weighted by Gasteiger charge is 2.16. The average molecular weight is 225 g/mol. The average Bonchev–Trinajstić information content (AvgIpc) is 2.29. The number of rotatable bonds is 5. The molecule has 0 radical (unpaired) electrons. The van der Waals surface area contributed by atoms with Gasteiger partial charge in [-0.25, -0.2) is 4.79 Å². The van der Waals surface area contributed by atoms with Crippen molar-refractivity contribution in [3.05, 3.63) is 23.8 Å². The van der Waals surface area contributed by atoms with Crippen LogP contribution in [0.25, 0.3) is 0 Å². The Balaban J connectivity index is 2.89. The van der Waals surface area contributed by atoms with Crippen LogP contribution >= 0.6 is 0 Å². The second-order valence-corrected chi connectivity index (χ2v) is 3.05. The lowest BCUT2D eigenvalue weighted by molar-refractivity contribution is 0.0595. The number of ether oxygens (including phenoxy) is 3. The molecule has 0 fully saturated rings. The lowest BCUT2D eigenvalue weighted by Gasteiger charge is -2.11. The maximum atomic E-state index is 11.5. The van der Waals surface area contributed by atoms with E-state index in [1.54, 1.807) is 25.3 Å². The Morgan fingerprint density at radius 2 is 2.06 bits per heavy atom. The third-order valence-electron chi connectivity index (χ3n) is 1.99. The standard InChI is InChI=1S/C11H15NO4/c1-14-6-7-16-9-5-3-4-8(12)10(9)11(13)15-2/h3-5H,6-7,12H2,1-2H3. The summed E-state index contributed by atoms with van der Waals surface area (Å²) >= 11 is 0. The van der Waals surface area contributed by atoms with Gasteiger partial charge in [-0.1, -0.05) is 6.07 Å². The number of nitrogen functional groups attached to an aromatic ring is 1. The molecular formula is C11H15NO4. The number of anilines is 1. The molecule has 5 heteroatoms. The van der Waals surface area contributed by atoms with Crippen molar-refractivity contribution in [3.63, 3.8) is 0 Å². The molecule has 1 rings (SSSR count). The van der Waals surface area contributed by atoms with Crippen molar-refractivity contribution in [1.29, 1.82) is 0 Å². The Labute approximate surface area is 94.1 Å². The Bertz CT molecular complexity index is 365. The van der Waals surface area contributed by atoms with E-state index in [0.29, 0.717) is 24.7 Å². The smallest absolute Gasteiger partial charge is 0.343 e. The maximum Gasteiger partial charge on any atom is 0.343 e. The second-order valence-electron chi connectivity index (χ2n) is 3.05. The van der Waals surface area contributed by atoms with Crippen molar-refractivity contribution in [3.8, 4) is 5.75 Å². The van der Waals surface area contributed by atoms with Crippen molar-refractivity contribution in [2.45, 2.75) is 0 Å². The molecule has 0 amide bonds. The fourth-order valence-electron chi connectivity index (χ4n) is 1.22. The summed E-state index contributed by atoms with van der Waals surface area (Å²) in [6.07, 6.45) is 0. The Kier molecular flexibility index (Phi) is 4.60. The van der Waals surface area contributed by atoms with Gasteiger partial charge in [-0.05, 0) is 12.1 Å². The van der Waals surface area contributed by atoms with Crippen LogP contribution in [0, 0.1) is 0 Å². The molecule has 5 nitrogen and oxygen atoms in total. The van der Waals surface area contributed by atoms with Gasteiger partial charge in [0.2, 0.25) is 0 Å². The molecule has 0 unspecified atom stereocenters. The SMILES string of the molecule is COCCOc1cccc(N)c1C(=O)OC. The molecule has 0 saturated carbocycles. The zero-order valence-corrected chi connectivity index (χ0v) is 9.36. The van der Waals surface area contributed by atoms with Gasteiger partial charge in [0, 0.05) is 12.8 Å². The van der Waals surface area contributed by atoms with Crippen LogP contribution in [-0.4, -0.2) is 33.4 Å². The fraction of sp³-hybridized carbons (Fsp3) is 0.364. The molecule has 0 bridgehead atoms. The summed E-state index contributed by atoms with van der Waals surface area (Å²) in [6.45, 7) is 0.791. The minimum atomic E-state index is -0.509. The van der Waals surface area contributed by atoms with Gasteiger partial charge in [-0.3, -0.25) is 0 Å². The van der Waals surface area contributed by atoms with Gasteiger partial charge in [-0.2, -0.15) is 0 Å². The highest BCUT2D eigenvalue weighted by atomic mass is 16.5. The van der Waals surface area contributed by atoms with Crippen LogP contribution in [0.4, 0.5) is 5.69 Å². The second kappa shape index (κ2) is 5.97. The van der Waals surface area contributed by atoms with Gasteiger partial charge in [0.25, 0.3) is 0 Å². The maximum absolute atomic E-state index is 11.5. The predicted octanol–water partition coefficient (Wildman–Crippen LogP) is 1.08. The summed E-state index contributed by atoms with van der Waals surface area (Å²) in [6, 6.07) is 5.00. The zero-order valence-electron chi connectivity index (χ0n) is 9.36. The summed E-state index contributed by atoms with van der Waals surface area (Å²) in [5.74, 6) is -0.102. The number of hydrogen-bond donors (Lipinski definition) is 1. The molecular weight excluding hydrogens is 210 g/mol. The van der Waals surface area contributed by atoms with Gasteiger partial charge in [0.15, 0.2) is 0 Å². The van der Waals surface area contributed by atoms with Crippen LogP contribution in [0.5, 0.6) is 5.75 Å². The van der Waals surface area contributed by atoms with E-state index in [-0.39, 0.29) is 5.56 Å². The van der Waals surface area contributed by atoms with E-state index in [4.69, 9.17) is 15.2 Å². The first-order valence-corrected chi connectivity index (χ1v) is 4.79. The number of benzene rings is 1. The highest BCUT2D eigenvalue weighted by molar-refractivity contribution is 5.98. The third kappa shape index (κ3) is 2.87. The number of carbonyl (C=O) groups is 1. The molecule has 0 aliphatic heterocycles. The van der Waals surface area contributed by atoms with Crippen molar-refractivity contribution in [1.82, 2.24) is 0 Å². The molecule has 0 aliphatic rings. The van der Waals surface area contributed by atoms with Crippen molar-refractivity contribution >= 4 is 11.7 Å². The fourth-order valence-corrected chi connectivity index (χ4v) is 1.22. The van der Waals surface area contributed by atoms with Gasteiger partial charge in [0.05, 0.1) is 13.7 Å². The Hall–Kier alpha value is -1.75. The molecule has 1 aromatic rings. The van der Waals surface area contributed by atoms with Crippen molar-refractivity contribution < 1.29 is 19.0 Å². The zero-order chi connectivity index (χ0) is 12.0. The number of nitrogens with two attached hydrogens (primary N) is 1. The van der Waals surface area contributed by atoms with E-state index in [9.17, 15) is 4.79 Å². The van der Waals surface area contributed by atoms with Crippen LogP contribution < -0.4 is 10.5 Å². The molecule has 2 N–H and O–H groups in total. The number of hydrogen-bond acceptors (Lipinski definition) is 5. The van der Waals surface area contributed by atoms with Gasteiger partial charge in [0.1, 0.15) is 17.9 Å². The van der Waals surface area contributed by atoms with E-state index in [0.717, 1.165) is 0 Å². The Morgan fingerprint density at radius 1 is 1.31 bits per heavy atom. The van der Waals surface area contributed by atoms with E-state index in [2.05, 4.69) is 4.74 Å². The molecule has 1 aromatic carbocycles. The number of carbonyl (C=O) groups excluding carboxylic acids is 1. The molecule has 0 heterocycles. The number of esters is 1. The lowest BCUT2D eigenvalue weighted by Crippen LogP contribution is -2.11. The van der Waals surface area contributed by atoms with E-state index in [1.165, 1.54) is 7.11 Å². The monoisotopic (exact) mass is 225 g/mol. The van der Waals surface area contributed by atoms with Crippen LogP contribution in [0.1, 0.15) is 10.4 Å². The highest BCUT2D eigenvalue weighted by Crippen LogP contribution is 2.25. The summed E-state index contributed by atoms with van der Waals surface area (Å²) in [5.41, 5.74) is 6.28. The lowest BCUT2D eigenvalue weighted by atomic mass is 10.1. The van der Waals surface area contributed by atoms with Crippen LogP contribution in [0.2, 0.25) is 0 Å². The van der Waals surface area contributed by atoms with Crippen LogP contribution in [0.3, 0.4) is 0 Å². The van der Waals surface area contributed by atoms with E-state index < -0.39 is 5.97 Å². The number of methoxy groups -OCH3 is 2. The first kappa shape index (κ1) is 12.3. The predicted molar refractivity (Wildman–Crippen MR) is 59.6 cm³/mol. The molecule has 0 saturated heterocycles. The first-order valence-electron chi connectivity index (χ1n) is 4.79. The summed E-state index contributed by atoms with van der Waals surface area (Å²) in [4.78, 5) is 11.5. The van der Waals surface area contributed by atoms with Gasteiger partial charge in [-0.15, -0.1) is 0 Å². The van der Waals surface area contributed by atoms with Crippen LogP contribution in [-0.2, 0) is 9.47 Å². The minimum absolute atomic E-state index is 0.251. The summed E-state index contributed by atoms with van der Waals surface area (Å²) in [5, 5.41) is 0. The third-order valence-corrected chi connectivity index (χ3v) is 1.99. The van der Waals surface area contributed by atoms with E-state index >= 15 is 0 Å². The van der Waals surface area contributed by atoms with Gasteiger partial charge >= 0.3 is 5.97 Å². The normalized spacial score (nSPS) is 9.88. The summed E-state index contributed by atoms with van der Waals surface area (Å²) < 4.78 is 14.9. The Morgan fingerprint density at radius 3 is 2.69 bits per heavy atom. The first-order chi connectivity index (χ1) is 7.70. The van der Waals surface area contributed by atoms with E-state index in [1.807, 2.05) is 0 Å². The van der Waals surface area contributed by atoms with Gasteiger partial charge < -0.3 is 19.9 Å². The molecule has 0 atom stereocenters. The molecule has 88 valence electrons. The van der Waals surface area contributed by atoms with Crippen LogP contribution in [0.15, 0.2) is 18.2 Å². The molecule has 0 aromatic heterocycles. The molecule has 0 aliphatic carbocycles. The largest absolute Gasteiger partial charge is 0.490 e. The molecule has 16 heavy (non-hydrogen) atoms. The van der Waals surface area contributed by atoms with Crippen molar-refractivity contribution in [2.24, 2.45) is 0 Å².